The predicted molar refractivity (Wildman–Crippen MR) is 113 cm³/mol. The van der Waals surface area contributed by atoms with Crippen LogP contribution in [0.3, 0.4) is 0 Å². The van der Waals surface area contributed by atoms with Crippen molar-refractivity contribution >= 4 is 15.7 Å². The first-order valence-electron chi connectivity index (χ1n) is 10.2. The molecule has 1 fully saturated rings. The first-order valence-corrected chi connectivity index (χ1v) is 11.7. The predicted octanol–water partition coefficient (Wildman–Crippen LogP) is 4.55. The van der Waals surface area contributed by atoms with E-state index in [0.717, 1.165) is 63.1 Å². The monoisotopic (exact) mass is 396 g/mol. The van der Waals surface area contributed by atoms with Gasteiger partial charge in [0.25, 0.3) is 0 Å². The van der Waals surface area contributed by atoms with E-state index in [2.05, 4.69) is 29.1 Å². The standard InChI is InChI=1S/C21H36N2O3S/c1-5-6-14-26-20-9-7-8-19(15-20)22-16-17-10-12-18(13-11-17)23-27(24,25)21(2,3)4/h7-9,15,17-18,22-23H,5-6,10-14,16H2,1-4H3. The van der Waals surface area contributed by atoms with Gasteiger partial charge < -0.3 is 10.1 Å². The van der Waals surface area contributed by atoms with Crippen LogP contribution in [-0.2, 0) is 10.0 Å². The number of rotatable bonds is 9. The SMILES string of the molecule is CCCCOc1cccc(NCC2CCC(NS(=O)(=O)C(C)(C)C)CC2)c1. The molecule has 154 valence electrons. The number of anilines is 1. The third-order valence-electron chi connectivity index (χ3n) is 5.17. The summed E-state index contributed by atoms with van der Waals surface area (Å²) in [5, 5.41) is 3.51. The highest BCUT2D eigenvalue weighted by Gasteiger charge is 2.32. The number of ether oxygens (including phenoxy) is 1. The van der Waals surface area contributed by atoms with Gasteiger partial charge >= 0.3 is 0 Å². The van der Waals surface area contributed by atoms with E-state index in [0.29, 0.717) is 5.92 Å². The van der Waals surface area contributed by atoms with Gasteiger partial charge in [-0.05, 0) is 70.9 Å². The molecule has 1 aliphatic carbocycles. The Balaban J connectivity index is 1.76. The average molecular weight is 397 g/mol. The van der Waals surface area contributed by atoms with Crippen LogP contribution in [0, 0.1) is 5.92 Å². The maximum Gasteiger partial charge on any atom is 0.216 e. The molecule has 0 radical (unpaired) electrons. The number of nitrogens with one attached hydrogen (secondary N) is 2. The van der Waals surface area contributed by atoms with E-state index in [1.165, 1.54) is 0 Å². The number of sulfonamides is 1. The lowest BCUT2D eigenvalue weighted by Crippen LogP contribution is -2.46. The van der Waals surface area contributed by atoms with Crippen molar-refractivity contribution in [1.29, 1.82) is 0 Å². The van der Waals surface area contributed by atoms with E-state index in [4.69, 9.17) is 4.74 Å². The zero-order chi connectivity index (χ0) is 19.9. The highest BCUT2D eigenvalue weighted by molar-refractivity contribution is 7.90. The Hall–Kier alpha value is -1.27. The highest BCUT2D eigenvalue weighted by atomic mass is 32.2. The molecule has 0 bridgehead atoms. The van der Waals surface area contributed by atoms with Gasteiger partial charge in [-0.25, -0.2) is 13.1 Å². The van der Waals surface area contributed by atoms with Gasteiger partial charge in [-0.2, -0.15) is 0 Å². The van der Waals surface area contributed by atoms with E-state index < -0.39 is 14.8 Å². The second-order valence-electron chi connectivity index (χ2n) is 8.56. The van der Waals surface area contributed by atoms with Crippen LogP contribution in [-0.4, -0.2) is 32.4 Å². The molecular formula is C21H36N2O3S. The Morgan fingerprint density at radius 1 is 1.15 bits per heavy atom. The van der Waals surface area contributed by atoms with Crippen LogP contribution in [0.1, 0.15) is 66.2 Å². The van der Waals surface area contributed by atoms with E-state index in [1.807, 2.05) is 12.1 Å². The summed E-state index contributed by atoms with van der Waals surface area (Å²) in [5.74, 6) is 1.49. The molecule has 27 heavy (non-hydrogen) atoms. The van der Waals surface area contributed by atoms with Crippen molar-refractivity contribution in [2.75, 3.05) is 18.5 Å². The molecule has 0 unspecified atom stereocenters. The summed E-state index contributed by atoms with van der Waals surface area (Å²) < 4.78 is 32.5. The van der Waals surface area contributed by atoms with Crippen molar-refractivity contribution < 1.29 is 13.2 Å². The van der Waals surface area contributed by atoms with E-state index in [1.54, 1.807) is 20.8 Å². The second kappa shape index (κ2) is 9.78. The third-order valence-corrected chi connectivity index (χ3v) is 7.43. The topological polar surface area (TPSA) is 67.4 Å². The van der Waals surface area contributed by atoms with Crippen LogP contribution in [0.15, 0.2) is 24.3 Å². The molecule has 1 aromatic carbocycles. The number of hydrogen-bond acceptors (Lipinski definition) is 4. The van der Waals surface area contributed by atoms with Gasteiger partial charge in [0.1, 0.15) is 5.75 Å². The quantitative estimate of drug-likeness (QED) is 0.601. The number of unbranched alkanes of at least 4 members (excludes halogenated alkanes) is 1. The van der Waals surface area contributed by atoms with Crippen LogP contribution < -0.4 is 14.8 Å². The van der Waals surface area contributed by atoms with Gasteiger partial charge in [0.05, 0.1) is 11.4 Å². The minimum Gasteiger partial charge on any atom is -0.494 e. The molecule has 0 aliphatic heterocycles. The minimum atomic E-state index is -3.26. The lowest BCUT2D eigenvalue weighted by molar-refractivity contribution is 0.309. The van der Waals surface area contributed by atoms with Crippen molar-refractivity contribution in [2.24, 2.45) is 5.92 Å². The molecule has 2 N–H and O–H groups in total. The van der Waals surface area contributed by atoms with Gasteiger partial charge in [-0.15, -0.1) is 0 Å². The van der Waals surface area contributed by atoms with Crippen LogP contribution in [0.2, 0.25) is 0 Å². The highest BCUT2D eigenvalue weighted by Crippen LogP contribution is 2.27. The van der Waals surface area contributed by atoms with Crippen molar-refractivity contribution in [1.82, 2.24) is 4.72 Å². The maximum atomic E-state index is 12.3. The van der Waals surface area contributed by atoms with Gasteiger partial charge in [-0.1, -0.05) is 19.4 Å². The minimum absolute atomic E-state index is 0.0702. The largest absolute Gasteiger partial charge is 0.494 e. The van der Waals surface area contributed by atoms with Crippen LogP contribution >= 0.6 is 0 Å². The molecule has 5 nitrogen and oxygen atoms in total. The van der Waals surface area contributed by atoms with E-state index in [-0.39, 0.29) is 6.04 Å². The van der Waals surface area contributed by atoms with E-state index in [9.17, 15) is 8.42 Å². The molecule has 1 aromatic rings. The second-order valence-corrected chi connectivity index (χ2v) is 11.0. The summed E-state index contributed by atoms with van der Waals surface area (Å²) in [7, 11) is -3.26. The van der Waals surface area contributed by atoms with Gasteiger partial charge in [0, 0.05) is 24.3 Å². The molecule has 0 heterocycles. The molecule has 0 saturated heterocycles. The smallest absolute Gasteiger partial charge is 0.216 e. The molecule has 2 rings (SSSR count). The van der Waals surface area contributed by atoms with Crippen LogP contribution in [0.4, 0.5) is 5.69 Å². The average Bonchev–Trinajstić information content (AvgIpc) is 2.60. The Morgan fingerprint density at radius 2 is 1.85 bits per heavy atom. The molecule has 0 amide bonds. The van der Waals surface area contributed by atoms with Crippen molar-refractivity contribution in [3.8, 4) is 5.75 Å². The Morgan fingerprint density at radius 3 is 2.48 bits per heavy atom. The molecule has 1 saturated carbocycles. The Labute approximate surface area is 165 Å². The summed E-state index contributed by atoms with van der Waals surface area (Å²) in [6, 6.07) is 8.20. The van der Waals surface area contributed by atoms with Gasteiger partial charge in [0.2, 0.25) is 10.0 Å². The number of benzene rings is 1. The molecule has 0 aromatic heterocycles. The summed E-state index contributed by atoms with van der Waals surface area (Å²) in [5.41, 5.74) is 1.08. The molecule has 6 heteroatoms. The van der Waals surface area contributed by atoms with Crippen molar-refractivity contribution in [3.05, 3.63) is 24.3 Å². The molecular weight excluding hydrogens is 360 g/mol. The normalized spacial score (nSPS) is 21.0. The molecule has 1 aliphatic rings. The summed E-state index contributed by atoms with van der Waals surface area (Å²) in [6.07, 6.45) is 6.09. The van der Waals surface area contributed by atoms with E-state index >= 15 is 0 Å². The Bertz CT molecular complexity index is 675. The third kappa shape index (κ3) is 7.00. The fourth-order valence-electron chi connectivity index (χ4n) is 3.17. The maximum absolute atomic E-state index is 12.3. The molecule has 0 atom stereocenters. The lowest BCUT2D eigenvalue weighted by atomic mass is 9.86. The van der Waals surface area contributed by atoms with Crippen molar-refractivity contribution in [3.63, 3.8) is 0 Å². The Kier molecular flexibility index (Phi) is 7.98. The first kappa shape index (κ1) is 22.0. The fraction of sp³-hybridized carbons (Fsp3) is 0.714. The zero-order valence-electron chi connectivity index (χ0n) is 17.3. The number of hydrogen-bond donors (Lipinski definition) is 2. The van der Waals surface area contributed by atoms with Crippen molar-refractivity contribution in [2.45, 2.75) is 77.0 Å². The zero-order valence-corrected chi connectivity index (χ0v) is 18.1. The van der Waals surface area contributed by atoms with Gasteiger partial charge in [0.15, 0.2) is 0 Å². The summed E-state index contributed by atoms with van der Waals surface area (Å²) in [4.78, 5) is 0. The van der Waals surface area contributed by atoms with Crippen LogP contribution in [0.5, 0.6) is 5.75 Å². The summed E-state index contributed by atoms with van der Waals surface area (Å²) >= 11 is 0. The summed E-state index contributed by atoms with van der Waals surface area (Å²) in [6.45, 7) is 9.05. The molecule has 0 spiro atoms. The van der Waals surface area contributed by atoms with Gasteiger partial charge in [-0.3, -0.25) is 0 Å². The fourth-order valence-corrected chi connectivity index (χ4v) is 4.20. The van der Waals surface area contributed by atoms with Crippen LogP contribution in [0.25, 0.3) is 0 Å². The lowest BCUT2D eigenvalue weighted by Gasteiger charge is -2.31. The first-order chi connectivity index (χ1) is 12.7.